The fraction of sp³-hybridized carbons (Fsp3) is 0.316. The Morgan fingerprint density at radius 1 is 1.04 bits per heavy atom. The standard InChI is InChI=1S/C19H21BF3NO3/c1-18(2,3)14-7-4-12(5-8-14)17(25)24-11-13-6-9-15(20(26)27)10-16(13)19(21,22)23/h4-10,26-27H,11H2,1-3H3,(H,24,25). The lowest BCUT2D eigenvalue weighted by atomic mass is 9.78. The monoisotopic (exact) mass is 379 g/mol. The third-order valence-electron chi connectivity index (χ3n) is 4.19. The normalized spacial score (nSPS) is 12.0. The van der Waals surface area contributed by atoms with Gasteiger partial charge in [-0.1, -0.05) is 45.0 Å². The van der Waals surface area contributed by atoms with Gasteiger partial charge in [0.25, 0.3) is 5.91 Å². The molecule has 2 aromatic carbocycles. The Morgan fingerprint density at radius 3 is 2.11 bits per heavy atom. The van der Waals surface area contributed by atoms with Gasteiger partial charge in [0.05, 0.1) is 5.56 Å². The average molecular weight is 379 g/mol. The van der Waals surface area contributed by atoms with E-state index in [1.54, 1.807) is 12.1 Å². The van der Waals surface area contributed by atoms with Gasteiger partial charge < -0.3 is 15.4 Å². The van der Waals surface area contributed by atoms with E-state index >= 15 is 0 Å². The van der Waals surface area contributed by atoms with Crippen LogP contribution in [0.5, 0.6) is 0 Å². The van der Waals surface area contributed by atoms with Crippen LogP contribution in [0.1, 0.15) is 47.8 Å². The molecule has 0 atom stereocenters. The molecule has 0 aliphatic carbocycles. The van der Waals surface area contributed by atoms with Crippen LogP contribution in [0.15, 0.2) is 42.5 Å². The van der Waals surface area contributed by atoms with E-state index in [0.29, 0.717) is 11.6 Å². The third-order valence-corrected chi connectivity index (χ3v) is 4.19. The summed E-state index contributed by atoms with van der Waals surface area (Å²) in [5.41, 5.74) is -0.135. The van der Waals surface area contributed by atoms with Gasteiger partial charge in [-0.2, -0.15) is 13.2 Å². The van der Waals surface area contributed by atoms with Gasteiger partial charge in [0.15, 0.2) is 0 Å². The zero-order chi connectivity index (χ0) is 20.4. The minimum atomic E-state index is -4.68. The number of halogens is 3. The van der Waals surface area contributed by atoms with Gasteiger partial charge in [0, 0.05) is 12.1 Å². The summed E-state index contributed by atoms with van der Waals surface area (Å²) in [7, 11) is -2.00. The Hall–Kier alpha value is -2.32. The van der Waals surface area contributed by atoms with E-state index in [2.05, 4.69) is 5.32 Å². The highest BCUT2D eigenvalue weighted by molar-refractivity contribution is 6.58. The second-order valence-electron chi connectivity index (χ2n) is 7.30. The Balaban J connectivity index is 2.17. The summed E-state index contributed by atoms with van der Waals surface area (Å²) >= 11 is 0. The van der Waals surface area contributed by atoms with Crippen molar-refractivity contribution in [3.8, 4) is 0 Å². The molecule has 0 aliphatic rings. The predicted molar refractivity (Wildman–Crippen MR) is 97.6 cm³/mol. The minimum absolute atomic E-state index is 0.0738. The van der Waals surface area contributed by atoms with E-state index in [1.807, 2.05) is 32.9 Å². The van der Waals surface area contributed by atoms with Crippen molar-refractivity contribution in [2.24, 2.45) is 0 Å². The maximum absolute atomic E-state index is 13.2. The van der Waals surface area contributed by atoms with E-state index in [1.165, 1.54) is 6.07 Å². The van der Waals surface area contributed by atoms with Crippen molar-refractivity contribution in [3.63, 3.8) is 0 Å². The highest BCUT2D eigenvalue weighted by Crippen LogP contribution is 2.31. The molecule has 0 aliphatic heterocycles. The first-order chi connectivity index (χ1) is 12.4. The molecule has 0 saturated heterocycles. The molecule has 3 N–H and O–H groups in total. The molecule has 27 heavy (non-hydrogen) atoms. The van der Waals surface area contributed by atoms with Crippen molar-refractivity contribution in [2.75, 3.05) is 0 Å². The first-order valence-electron chi connectivity index (χ1n) is 8.34. The summed E-state index contributed by atoms with van der Waals surface area (Å²) in [6.45, 7) is 5.77. The van der Waals surface area contributed by atoms with Gasteiger partial charge in [0.1, 0.15) is 0 Å². The van der Waals surface area contributed by atoms with Crippen molar-refractivity contribution in [1.29, 1.82) is 0 Å². The van der Waals surface area contributed by atoms with Gasteiger partial charge in [-0.25, -0.2) is 0 Å². The van der Waals surface area contributed by atoms with Gasteiger partial charge in [-0.3, -0.25) is 4.79 Å². The Bertz CT molecular complexity index is 812. The molecule has 0 fully saturated rings. The van der Waals surface area contributed by atoms with Crippen LogP contribution in [0, 0.1) is 0 Å². The number of alkyl halides is 3. The van der Waals surface area contributed by atoms with E-state index < -0.39 is 24.8 Å². The summed E-state index contributed by atoms with van der Waals surface area (Å²) in [6, 6.07) is 9.86. The van der Waals surface area contributed by atoms with Crippen molar-refractivity contribution >= 4 is 18.5 Å². The van der Waals surface area contributed by atoms with Gasteiger partial charge in [-0.15, -0.1) is 0 Å². The molecule has 8 heteroatoms. The second kappa shape index (κ2) is 7.74. The van der Waals surface area contributed by atoms with Crippen molar-refractivity contribution < 1.29 is 28.0 Å². The van der Waals surface area contributed by atoms with Crippen LogP contribution in [0.2, 0.25) is 0 Å². The molecule has 0 saturated carbocycles. The Morgan fingerprint density at radius 2 is 1.63 bits per heavy atom. The van der Waals surface area contributed by atoms with E-state index in [9.17, 15) is 18.0 Å². The van der Waals surface area contributed by atoms with Crippen LogP contribution in [-0.2, 0) is 18.1 Å². The molecular weight excluding hydrogens is 358 g/mol. The number of nitrogens with one attached hydrogen (secondary N) is 1. The van der Waals surface area contributed by atoms with Crippen LogP contribution < -0.4 is 10.8 Å². The van der Waals surface area contributed by atoms with E-state index in [0.717, 1.165) is 11.6 Å². The smallest absolute Gasteiger partial charge is 0.423 e. The first-order valence-corrected chi connectivity index (χ1v) is 8.34. The lowest BCUT2D eigenvalue weighted by molar-refractivity contribution is -0.138. The molecule has 2 rings (SSSR count). The highest BCUT2D eigenvalue weighted by atomic mass is 19.4. The zero-order valence-electron chi connectivity index (χ0n) is 15.3. The van der Waals surface area contributed by atoms with Gasteiger partial charge in [-0.05, 0) is 40.2 Å². The van der Waals surface area contributed by atoms with Crippen molar-refractivity contribution in [3.05, 3.63) is 64.7 Å². The summed E-state index contributed by atoms with van der Waals surface area (Å²) < 4.78 is 39.7. The summed E-state index contributed by atoms with van der Waals surface area (Å²) in [4.78, 5) is 12.2. The fourth-order valence-corrected chi connectivity index (χ4v) is 2.57. The van der Waals surface area contributed by atoms with Crippen LogP contribution in [0.4, 0.5) is 13.2 Å². The maximum atomic E-state index is 13.2. The number of amides is 1. The second-order valence-corrected chi connectivity index (χ2v) is 7.30. The number of rotatable bonds is 4. The molecule has 0 heterocycles. The molecule has 2 aromatic rings. The van der Waals surface area contributed by atoms with E-state index in [4.69, 9.17) is 10.0 Å². The predicted octanol–water partition coefficient (Wildman–Crippen LogP) is 2.61. The molecule has 144 valence electrons. The van der Waals surface area contributed by atoms with Gasteiger partial charge >= 0.3 is 13.3 Å². The maximum Gasteiger partial charge on any atom is 0.488 e. The summed E-state index contributed by atoms with van der Waals surface area (Å²) in [5.74, 6) is -0.491. The topological polar surface area (TPSA) is 69.6 Å². The molecule has 0 unspecified atom stereocenters. The number of hydrogen-bond donors (Lipinski definition) is 3. The summed E-state index contributed by atoms with van der Waals surface area (Å²) in [6.07, 6.45) is -4.68. The Kier molecular flexibility index (Phi) is 6.02. The molecular formula is C19H21BF3NO3. The van der Waals surface area contributed by atoms with Gasteiger partial charge in [0.2, 0.25) is 0 Å². The minimum Gasteiger partial charge on any atom is -0.423 e. The number of carbonyl (C=O) groups is 1. The van der Waals surface area contributed by atoms with Crippen LogP contribution in [0.3, 0.4) is 0 Å². The van der Waals surface area contributed by atoms with Crippen LogP contribution in [0.25, 0.3) is 0 Å². The summed E-state index contributed by atoms with van der Waals surface area (Å²) in [5, 5.41) is 20.6. The largest absolute Gasteiger partial charge is 0.488 e. The molecule has 0 bridgehead atoms. The third kappa shape index (κ3) is 5.34. The number of hydrogen-bond acceptors (Lipinski definition) is 3. The fourth-order valence-electron chi connectivity index (χ4n) is 2.57. The molecule has 0 spiro atoms. The SMILES string of the molecule is CC(C)(C)c1ccc(C(=O)NCc2ccc(B(O)O)cc2C(F)(F)F)cc1. The number of carbonyl (C=O) groups excluding carboxylic acids is 1. The Labute approximate surface area is 156 Å². The van der Waals surface area contributed by atoms with E-state index in [-0.39, 0.29) is 23.0 Å². The molecule has 0 aromatic heterocycles. The average Bonchev–Trinajstić information content (AvgIpc) is 2.58. The highest BCUT2D eigenvalue weighted by Gasteiger charge is 2.34. The molecule has 1 amide bonds. The lowest BCUT2D eigenvalue weighted by Crippen LogP contribution is -2.32. The first kappa shape index (κ1) is 21.0. The van der Waals surface area contributed by atoms with Crippen LogP contribution >= 0.6 is 0 Å². The van der Waals surface area contributed by atoms with Crippen molar-refractivity contribution in [1.82, 2.24) is 5.32 Å². The van der Waals surface area contributed by atoms with Crippen LogP contribution in [-0.4, -0.2) is 23.1 Å². The quantitative estimate of drug-likeness (QED) is 0.716. The molecule has 4 nitrogen and oxygen atoms in total. The lowest BCUT2D eigenvalue weighted by Gasteiger charge is -2.19. The van der Waals surface area contributed by atoms with Crippen molar-refractivity contribution in [2.45, 2.75) is 38.9 Å². The number of benzene rings is 2. The zero-order valence-corrected chi connectivity index (χ0v) is 15.3. The molecule has 0 radical (unpaired) electrons.